The topological polar surface area (TPSA) is 72.2 Å². The fourth-order valence-electron chi connectivity index (χ4n) is 1.43. The Balaban J connectivity index is 2.61. The maximum Gasteiger partial charge on any atom is 0.405 e. The summed E-state index contributed by atoms with van der Waals surface area (Å²) in [5.74, 6) is -0.395. The SMILES string of the molecule is Cc1noc(C)c1CS(=O)C(C)C(=O)NCC(F)(F)F. The Labute approximate surface area is 116 Å². The Morgan fingerprint density at radius 3 is 2.50 bits per heavy atom. The van der Waals surface area contributed by atoms with E-state index in [-0.39, 0.29) is 5.75 Å². The molecule has 1 rings (SSSR count). The Bertz CT molecular complexity index is 494. The lowest BCUT2D eigenvalue weighted by Crippen LogP contribution is -2.40. The molecule has 2 atom stereocenters. The summed E-state index contributed by atoms with van der Waals surface area (Å²) in [4.78, 5) is 11.5. The zero-order valence-corrected chi connectivity index (χ0v) is 12.0. The van der Waals surface area contributed by atoms with Crippen LogP contribution in [0, 0.1) is 13.8 Å². The average molecular weight is 312 g/mol. The number of hydrogen-bond acceptors (Lipinski definition) is 4. The predicted octanol–water partition coefficient (Wildman–Crippen LogP) is 1.61. The van der Waals surface area contributed by atoms with Crippen LogP contribution in [-0.2, 0) is 21.3 Å². The number of nitrogens with zero attached hydrogens (tertiary/aromatic N) is 1. The smallest absolute Gasteiger partial charge is 0.361 e. The van der Waals surface area contributed by atoms with Crippen molar-refractivity contribution in [3.8, 4) is 0 Å². The van der Waals surface area contributed by atoms with Crippen LogP contribution >= 0.6 is 0 Å². The number of aryl methyl sites for hydroxylation is 2. The number of hydrogen-bond donors (Lipinski definition) is 1. The number of carbonyl (C=O) groups is 1. The van der Waals surface area contributed by atoms with E-state index < -0.39 is 34.7 Å². The van der Waals surface area contributed by atoms with Crippen molar-refractivity contribution < 1.29 is 26.7 Å². The number of rotatable bonds is 5. The van der Waals surface area contributed by atoms with Gasteiger partial charge in [-0.2, -0.15) is 13.2 Å². The summed E-state index contributed by atoms with van der Waals surface area (Å²) in [6.07, 6.45) is -4.49. The van der Waals surface area contributed by atoms with Crippen LogP contribution in [0.15, 0.2) is 4.52 Å². The first-order valence-corrected chi connectivity index (χ1v) is 7.13. The molecule has 0 bridgehead atoms. The van der Waals surface area contributed by atoms with Crippen molar-refractivity contribution in [1.82, 2.24) is 10.5 Å². The van der Waals surface area contributed by atoms with Gasteiger partial charge in [0.1, 0.15) is 17.6 Å². The lowest BCUT2D eigenvalue weighted by atomic mass is 10.2. The average Bonchev–Trinajstić information content (AvgIpc) is 2.65. The number of aromatic nitrogens is 1. The molecule has 0 aliphatic heterocycles. The van der Waals surface area contributed by atoms with E-state index in [2.05, 4.69) is 5.16 Å². The molecular weight excluding hydrogens is 297 g/mol. The number of carbonyl (C=O) groups excluding carboxylic acids is 1. The molecule has 0 saturated heterocycles. The number of amides is 1. The number of alkyl halides is 3. The van der Waals surface area contributed by atoms with Crippen LogP contribution in [0.5, 0.6) is 0 Å². The molecule has 1 aromatic heterocycles. The second-order valence-corrected chi connectivity index (χ2v) is 6.06. The van der Waals surface area contributed by atoms with Crippen molar-refractivity contribution in [2.24, 2.45) is 0 Å². The molecule has 0 aliphatic carbocycles. The maximum absolute atomic E-state index is 12.0. The van der Waals surface area contributed by atoms with E-state index in [1.165, 1.54) is 6.92 Å². The normalized spacial score (nSPS) is 14.9. The highest BCUT2D eigenvalue weighted by atomic mass is 32.2. The minimum atomic E-state index is -4.49. The summed E-state index contributed by atoms with van der Waals surface area (Å²) in [6.45, 7) is 3.19. The predicted molar refractivity (Wildman–Crippen MR) is 66.4 cm³/mol. The molecule has 0 spiro atoms. The van der Waals surface area contributed by atoms with Gasteiger partial charge in [-0.15, -0.1) is 0 Å². The maximum atomic E-state index is 12.0. The molecule has 5 nitrogen and oxygen atoms in total. The lowest BCUT2D eigenvalue weighted by molar-refractivity contribution is -0.137. The molecule has 20 heavy (non-hydrogen) atoms. The van der Waals surface area contributed by atoms with Gasteiger partial charge in [0.2, 0.25) is 5.91 Å². The van der Waals surface area contributed by atoms with E-state index >= 15 is 0 Å². The third-order valence-corrected chi connectivity index (χ3v) is 4.27. The van der Waals surface area contributed by atoms with Gasteiger partial charge >= 0.3 is 6.18 Å². The molecule has 1 aromatic rings. The van der Waals surface area contributed by atoms with E-state index in [0.29, 0.717) is 17.0 Å². The highest BCUT2D eigenvalue weighted by Gasteiger charge is 2.30. The zero-order chi connectivity index (χ0) is 15.5. The van der Waals surface area contributed by atoms with Crippen LogP contribution < -0.4 is 5.32 Å². The monoisotopic (exact) mass is 312 g/mol. The number of nitrogens with one attached hydrogen (secondary N) is 1. The van der Waals surface area contributed by atoms with E-state index in [4.69, 9.17) is 4.52 Å². The Morgan fingerprint density at radius 2 is 2.05 bits per heavy atom. The second-order valence-electron chi connectivity index (χ2n) is 4.30. The van der Waals surface area contributed by atoms with Crippen LogP contribution in [0.2, 0.25) is 0 Å². The summed E-state index contributed by atoms with van der Waals surface area (Å²) in [6, 6.07) is 0. The zero-order valence-electron chi connectivity index (χ0n) is 11.2. The first kappa shape index (κ1) is 16.7. The van der Waals surface area contributed by atoms with Crippen LogP contribution in [0.3, 0.4) is 0 Å². The molecule has 0 aliphatic rings. The minimum Gasteiger partial charge on any atom is -0.361 e. The molecule has 1 heterocycles. The molecule has 0 fully saturated rings. The van der Waals surface area contributed by atoms with Crippen LogP contribution in [0.25, 0.3) is 0 Å². The molecule has 0 aromatic carbocycles. The summed E-state index contributed by atoms with van der Waals surface area (Å²) < 4.78 is 52.8. The molecule has 0 radical (unpaired) electrons. The highest BCUT2D eigenvalue weighted by Crippen LogP contribution is 2.17. The summed E-state index contributed by atoms with van der Waals surface area (Å²) >= 11 is 0. The third kappa shape index (κ3) is 4.62. The first-order valence-electron chi connectivity index (χ1n) is 5.75. The van der Waals surface area contributed by atoms with Gasteiger partial charge in [0.05, 0.1) is 11.4 Å². The third-order valence-electron chi connectivity index (χ3n) is 2.69. The van der Waals surface area contributed by atoms with E-state index in [1.807, 2.05) is 0 Å². The molecule has 114 valence electrons. The lowest BCUT2D eigenvalue weighted by Gasteiger charge is -2.13. The largest absolute Gasteiger partial charge is 0.405 e. The van der Waals surface area contributed by atoms with Gasteiger partial charge in [-0.3, -0.25) is 9.00 Å². The van der Waals surface area contributed by atoms with Crippen LogP contribution in [0.4, 0.5) is 13.2 Å². The molecule has 1 N–H and O–H groups in total. The van der Waals surface area contributed by atoms with Crippen molar-refractivity contribution in [3.05, 3.63) is 17.0 Å². The van der Waals surface area contributed by atoms with E-state index in [9.17, 15) is 22.2 Å². The van der Waals surface area contributed by atoms with Crippen LogP contribution in [-0.4, -0.2) is 33.2 Å². The quantitative estimate of drug-likeness (QED) is 0.896. The fourth-order valence-corrected chi connectivity index (χ4v) is 2.69. The Morgan fingerprint density at radius 1 is 1.45 bits per heavy atom. The fraction of sp³-hybridized carbons (Fsp3) is 0.636. The minimum absolute atomic E-state index is 0.0156. The molecule has 9 heteroatoms. The van der Waals surface area contributed by atoms with Crippen LogP contribution in [0.1, 0.15) is 23.9 Å². The summed E-state index contributed by atoms with van der Waals surface area (Å²) in [5.41, 5.74) is 1.16. The van der Waals surface area contributed by atoms with Gasteiger partial charge in [-0.1, -0.05) is 5.16 Å². The Hall–Kier alpha value is -1.38. The van der Waals surface area contributed by atoms with Gasteiger partial charge in [-0.25, -0.2) is 0 Å². The van der Waals surface area contributed by atoms with Crippen molar-refractivity contribution in [2.45, 2.75) is 38.0 Å². The molecular formula is C11H15F3N2O3S. The van der Waals surface area contributed by atoms with Gasteiger partial charge in [0, 0.05) is 16.4 Å². The van der Waals surface area contributed by atoms with Crippen molar-refractivity contribution in [3.63, 3.8) is 0 Å². The first-order chi connectivity index (χ1) is 9.11. The molecule has 0 saturated carbocycles. The van der Waals surface area contributed by atoms with Gasteiger partial charge in [0.15, 0.2) is 0 Å². The highest BCUT2D eigenvalue weighted by molar-refractivity contribution is 7.85. The molecule has 1 amide bonds. The second kappa shape index (κ2) is 6.38. The molecule has 2 unspecified atom stereocenters. The van der Waals surface area contributed by atoms with Crippen molar-refractivity contribution in [2.75, 3.05) is 6.54 Å². The summed E-state index contributed by atoms with van der Waals surface area (Å²) in [7, 11) is -1.65. The Kier molecular flexibility index (Phi) is 5.32. The van der Waals surface area contributed by atoms with E-state index in [1.54, 1.807) is 19.2 Å². The van der Waals surface area contributed by atoms with Gasteiger partial charge < -0.3 is 9.84 Å². The summed E-state index contributed by atoms with van der Waals surface area (Å²) in [5, 5.41) is 4.35. The van der Waals surface area contributed by atoms with Gasteiger partial charge in [-0.05, 0) is 20.8 Å². The van der Waals surface area contributed by atoms with Crippen molar-refractivity contribution >= 4 is 16.7 Å². The van der Waals surface area contributed by atoms with Crippen molar-refractivity contribution in [1.29, 1.82) is 0 Å². The number of halogens is 3. The van der Waals surface area contributed by atoms with E-state index in [0.717, 1.165) is 0 Å². The standard InChI is InChI=1S/C11H15F3N2O3S/c1-6-9(7(2)19-16-6)4-20(18)8(3)10(17)15-5-11(12,13)14/h8H,4-5H2,1-3H3,(H,15,17). The van der Waals surface area contributed by atoms with Gasteiger partial charge in [0.25, 0.3) is 0 Å².